The van der Waals surface area contributed by atoms with Gasteiger partial charge in [-0.15, -0.1) is 13.2 Å². The first-order valence-electron chi connectivity index (χ1n) is 4.08. The van der Waals surface area contributed by atoms with Crippen molar-refractivity contribution in [1.29, 1.82) is 0 Å². The van der Waals surface area contributed by atoms with Crippen molar-refractivity contribution in [3.8, 4) is 0 Å². The molecule has 1 heteroatoms. The molecular weight excluding hydrogens is 134 g/mol. The lowest BCUT2D eigenvalue weighted by molar-refractivity contribution is 0.331. The Kier molecular flexibility index (Phi) is 7.16. The molecular formula is C10H18N. The highest BCUT2D eigenvalue weighted by Crippen LogP contribution is 1.94. The van der Waals surface area contributed by atoms with Gasteiger partial charge < -0.3 is 0 Å². The highest BCUT2D eigenvalue weighted by atomic mass is 15.1. The number of nitrogens with zero attached hydrogens (tertiary/aromatic N) is 1. The van der Waals surface area contributed by atoms with E-state index in [0.717, 1.165) is 32.5 Å². The Bertz CT molecular complexity index is 97.4. The summed E-state index contributed by atoms with van der Waals surface area (Å²) in [6, 6.07) is 0. The zero-order valence-corrected chi connectivity index (χ0v) is 7.26. The fourth-order valence-corrected chi connectivity index (χ4v) is 0.958. The maximum absolute atomic E-state index is 3.80. The first-order chi connectivity index (χ1) is 5.35. The van der Waals surface area contributed by atoms with Gasteiger partial charge in [0.15, 0.2) is 0 Å². The number of hydrogen-bond donors (Lipinski definition) is 0. The average molecular weight is 152 g/mol. The van der Waals surface area contributed by atoms with Crippen LogP contribution in [0, 0.1) is 6.92 Å². The van der Waals surface area contributed by atoms with Crippen LogP contribution in [0.25, 0.3) is 0 Å². The first-order valence-corrected chi connectivity index (χ1v) is 4.08. The van der Waals surface area contributed by atoms with E-state index >= 15 is 0 Å². The van der Waals surface area contributed by atoms with Crippen LogP contribution in [0.2, 0.25) is 0 Å². The van der Waals surface area contributed by atoms with Gasteiger partial charge in [0, 0.05) is 13.1 Å². The first kappa shape index (κ1) is 10.4. The van der Waals surface area contributed by atoms with E-state index < -0.39 is 0 Å². The van der Waals surface area contributed by atoms with Crippen LogP contribution >= 0.6 is 0 Å². The molecule has 0 aromatic carbocycles. The van der Waals surface area contributed by atoms with Crippen molar-refractivity contribution < 1.29 is 0 Å². The second kappa shape index (κ2) is 7.55. The lowest BCUT2D eigenvalue weighted by Gasteiger charge is -2.17. The van der Waals surface area contributed by atoms with Gasteiger partial charge in [-0.2, -0.15) is 0 Å². The Hall–Kier alpha value is -0.560. The van der Waals surface area contributed by atoms with E-state index in [1.807, 2.05) is 12.2 Å². The molecule has 63 valence electrons. The van der Waals surface area contributed by atoms with E-state index in [4.69, 9.17) is 0 Å². The Labute approximate surface area is 70.4 Å². The molecule has 1 nitrogen and oxygen atoms in total. The molecule has 0 atom stereocenters. The van der Waals surface area contributed by atoms with Crippen molar-refractivity contribution in [1.82, 2.24) is 4.90 Å². The van der Waals surface area contributed by atoms with Crippen LogP contribution in [-0.2, 0) is 0 Å². The zero-order chi connectivity index (χ0) is 8.53. The third-order valence-electron chi connectivity index (χ3n) is 1.50. The smallest absolute Gasteiger partial charge is 0.0163 e. The molecule has 0 saturated heterocycles. The standard InChI is InChI=1S/C10H18N/c1-4-7-10-11(8-5-2)9-6-3/h5-6H,1-4,7-10H2. The summed E-state index contributed by atoms with van der Waals surface area (Å²) in [6.07, 6.45) is 6.01. The van der Waals surface area contributed by atoms with Crippen molar-refractivity contribution in [2.75, 3.05) is 19.6 Å². The average Bonchev–Trinajstić information content (AvgIpc) is 2.01. The summed E-state index contributed by atoms with van der Waals surface area (Å²) in [5, 5.41) is 0. The minimum Gasteiger partial charge on any atom is -0.296 e. The molecule has 0 heterocycles. The highest BCUT2D eigenvalue weighted by Gasteiger charge is 1.97. The van der Waals surface area contributed by atoms with Crippen molar-refractivity contribution >= 4 is 0 Å². The predicted octanol–water partition coefficient (Wildman–Crippen LogP) is 2.27. The van der Waals surface area contributed by atoms with E-state index in [0.29, 0.717) is 0 Å². The minimum atomic E-state index is 0.950. The maximum atomic E-state index is 3.80. The third kappa shape index (κ3) is 5.86. The second-order valence-corrected chi connectivity index (χ2v) is 2.54. The van der Waals surface area contributed by atoms with Crippen molar-refractivity contribution in [3.63, 3.8) is 0 Å². The molecule has 0 aromatic rings. The fraction of sp³-hybridized carbons (Fsp3) is 0.500. The molecule has 0 amide bonds. The van der Waals surface area contributed by atoms with Gasteiger partial charge in [-0.1, -0.05) is 25.5 Å². The Morgan fingerprint density at radius 2 is 1.64 bits per heavy atom. The van der Waals surface area contributed by atoms with E-state index in [-0.39, 0.29) is 0 Å². The molecule has 1 radical (unpaired) electrons. The SMILES string of the molecule is [CH2]CCCN(CC=C)CC=C. The molecule has 0 aliphatic carbocycles. The van der Waals surface area contributed by atoms with Gasteiger partial charge in [0.25, 0.3) is 0 Å². The molecule has 0 aromatic heterocycles. The predicted molar refractivity (Wildman–Crippen MR) is 51.4 cm³/mol. The van der Waals surface area contributed by atoms with Crippen LogP contribution in [0.1, 0.15) is 12.8 Å². The lowest BCUT2D eigenvalue weighted by atomic mass is 10.3. The molecule has 0 rings (SSSR count). The van der Waals surface area contributed by atoms with Crippen LogP contribution < -0.4 is 0 Å². The molecule has 0 unspecified atom stereocenters. The molecule has 0 spiro atoms. The topological polar surface area (TPSA) is 3.24 Å². The van der Waals surface area contributed by atoms with Gasteiger partial charge in [0.1, 0.15) is 0 Å². The summed E-state index contributed by atoms with van der Waals surface area (Å²) >= 11 is 0. The summed E-state index contributed by atoms with van der Waals surface area (Å²) in [7, 11) is 0. The molecule has 0 bridgehead atoms. The zero-order valence-electron chi connectivity index (χ0n) is 7.26. The number of hydrogen-bond acceptors (Lipinski definition) is 1. The fourth-order valence-electron chi connectivity index (χ4n) is 0.958. The largest absolute Gasteiger partial charge is 0.296 e. The van der Waals surface area contributed by atoms with E-state index in [9.17, 15) is 0 Å². The van der Waals surface area contributed by atoms with Crippen LogP contribution in [0.5, 0.6) is 0 Å². The molecule has 0 fully saturated rings. The van der Waals surface area contributed by atoms with Gasteiger partial charge in [-0.3, -0.25) is 4.90 Å². The monoisotopic (exact) mass is 152 g/mol. The normalized spacial score (nSPS) is 10.0. The van der Waals surface area contributed by atoms with Crippen LogP contribution in [0.15, 0.2) is 25.3 Å². The minimum absolute atomic E-state index is 0.950. The number of rotatable bonds is 7. The summed E-state index contributed by atoms with van der Waals surface area (Å²) in [4.78, 5) is 2.30. The lowest BCUT2D eigenvalue weighted by Crippen LogP contribution is -2.24. The molecule has 0 N–H and O–H groups in total. The van der Waals surface area contributed by atoms with E-state index in [2.05, 4.69) is 25.0 Å². The Morgan fingerprint density at radius 1 is 1.09 bits per heavy atom. The van der Waals surface area contributed by atoms with Crippen LogP contribution in [0.4, 0.5) is 0 Å². The summed E-state index contributed by atoms with van der Waals surface area (Å²) in [6.45, 7) is 14.2. The van der Waals surface area contributed by atoms with E-state index in [1.165, 1.54) is 0 Å². The van der Waals surface area contributed by atoms with Crippen LogP contribution in [0.3, 0.4) is 0 Å². The van der Waals surface area contributed by atoms with Crippen molar-refractivity contribution in [2.24, 2.45) is 0 Å². The van der Waals surface area contributed by atoms with Crippen LogP contribution in [-0.4, -0.2) is 24.5 Å². The molecule has 0 saturated carbocycles. The number of unbranched alkanes of at least 4 members (excludes halogenated alkanes) is 1. The molecule has 0 aliphatic rings. The van der Waals surface area contributed by atoms with Crippen molar-refractivity contribution in [3.05, 3.63) is 32.2 Å². The Balaban J connectivity index is 3.49. The van der Waals surface area contributed by atoms with Gasteiger partial charge in [-0.25, -0.2) is 0 Å². The molecule has 0 aliphatic heterocycles. The maximum Gasteiger partial charge on any atom is 0.0163 e. The highest BCUT2D eigenvalue weighted by molar-refractivity contribution is 4.79. The van der Waals surface area contributed by atoms with Gasteiger partial charge in [0.05, 0.1) is 0 Å². The van der Waals surface area contributed by atoms with Gasteiger partial charge in [0.2, 0.25) is 0 Å². The van der Waals surface area contributed by atoms with Gasteiger partial charge in [-0.05, 0) is 13.0 Å². The molecule has 11 heavy (non-hydrogen) atoms. The van der Waals surface area contributed by atoms with E-state index in [1.54, 1.807) is 0 Å². The quantitative estimate of drug-likeness (QED) is 0.506. The summed E-state index contributed by atoms with van der Waals surface area (Å²) in [5.74, 6) is 0. The summed E-state index contributed by atoms with van der Waals surface area (Å²) < 4.78 is 0. The second-order valence-electron chi connectivity index (χ2n) is 2.54. The van der Waals surface area contributed by atoms with Gasteiger partial charge >= 0.3 is 0 Å². The summed E-state index contributed by atoms with van der Waals surface area (Å²) in [5.41, 5.74) is 0. The Morgan fingerprint density at radius 3 is 2.00 bits per heavy atom. The van der Waals surface area contributed by atoms with Crippen molar-refractivity contribution in [2.45, 2.75) is 12.8 Å². The third-order valence-corrected chi connectivity index (χ3v) is 1.50.